The van der Waals surface area contributed by atoms with Gasteiger partial charge in [0.25, 0.3) is 0 Å². The Kier molecular flexibility index (Phi) is 5.09. The van der Waals surface area contributed by atoms with E-state index in [0.717, 1.165) is 13.1 Å². The Morgan fingerprint density at radius 1 is 1.33 bits per heavy atom. The molecule has 1 heterocycles. The van der Waals surface area contributed by atoms with E-state index in [4.69, 9.17) is 4.74 Å². The van der Waals surface area contributed by atoms with Crippen molar-refractivity contribution in [3.63, 3.8) is 0 Å². The summed E-state index contributed by atoms with van der Waals surface area (Å²) in [6.07, 6.45) is 0.156. The van der Waals surface area contributed by atoms with E-state index >= 15 is 0 Å². The van der Waals surface area contributed by atoms with Crippen LogP contribution in [-0.4, -0.2) is 48.4 Å². The van der Waals surface area contributed by atoms with Gasteiger partial charge in [-0.25, -0.2) is 0 Å². The van der Waals surface area contributed by atoms with Crippen LogP contribution in [0, 0.1) is 0 Å². The molecule has 0 aliphatic carbocycles. The summed E-state index contributed by atoms with van der Waals surface area (Å²) in [6, 6.07) is 6.75. The Balaban J connectivity index is 1.95. The van der Waals surface area contributed by atoms with Crippen molar-refractivity contribution >= 4 is 17.4 Å². The minimum Gasteiger partial charge on any atom is -0.376 e. The predicted molar refractivity (Wildman–Crippen MR) is 81.5 cm³/mol. The lowest BCUT2D eigenvalue weighted by molar-refractivity contribution is -0.123. The van der Waals surface area contributed by atoms with E-state index in [1.54, 1.807) is 24.3 Å². The minimum absolute atomic E-state index is 0.0172. The number of ether oxygens (including phenoxy) is 1. The van der Waals surface area contributed by atoms with E-state index < -0.39 is 0 Å². The normalized spacial score (nSPS) is 20.8. The Labute approximate surface area is 125 Å². The van der Waals surface area contributed by atoms with Gasteiger partial charge in [0.15, 0.2) is 5.78 Å². The van der Waals surface area contributed by atoms with Gasteiger partial charge in [-0.05, 0) is 45.0 Å². The number of nitrogens with one attached hydrogen (secondary N) is 1. The highest BCUT2D eigenvalue weighted by molar-refractivity contribution is 5.96. The molecular formula is C16H22N2O3. The third-order valence-electron chi connectivity index (χ3n) is 3.76. The van der Waals surface area contributed by atoms with Crippen LogP contribution in [0.25, 0.3) is 0 Å². The number of anilines is 1. The molecule has 0 spiro atoms. The number of Topliss-reactive ketones (excluding diaryl/α,β-unsaturated/α-hetero) is 1. The molecule has 1 aliphatic heterocycles. The summed E-state index contributed by atoms with van der Waals surface area (Å²) >= 11 is 0. The molecule has 2 rings (SSSR count). The molecule has 0 aromatic heterocycles. The molecule has 1 amide bonds. The van der Waals surface area contributed by atoms with Crippen LogP contribution in [0.5, 0.6) is 0 Å². The van der Waals surface area contributed by atoms with Gasteiger partial charge in [-0.1, -0.05) is 0 Å². The third-order valence-corrected chi connectivity index (χ3v) is 3.76. The lowest BCUT2D eigenvalue weighted by Crippen LogP contribution is -2.50. The number of morpholine rings is 1. The van der Waals surface area contributed by atoms with Crippen LogP contribution in [0.4, 0.5) is 5.69 Å². The number of rotatable bonds is 4. The van der Waals surface area contributed by atoms with E-state index in [9.17, 15) is 9.59 Å². The van der Waals surface area contributed by atoms with Gasteiger partial charge in [-0.2, -0.15) is 0 Å². The summed E-state index contributed by atoms with van der Waals surface area (Å²) in [5, 5.41) is 2.89. The first-order chi connectivity index (χ1) is 9.97. The molecule has 1 saturated heterocycles. The summed E-state index contributed by atoms with van der Waals surface area (Å²) < 4.78 is 5.49. The molecule has 0 bridgehead atoms. The smallest absolute Gasteiger partial charge is 0.241 e. The highest BCUT2D eigenvalue weighted by Crippen LogP contribution is 2.13. The van der Waals surface area contributed by atoms with Gasteiger partial charge in [0, 0.05) is 24.3 Å². The van der Waals surface area contributed by atoms with Crippen molar-refractivity contribution in [2.45, 2.75) is 32.9 Å². The van der Waals surface area contributed by atoms with Crippen molar-refractivity contribution in [3.05, 3.63) is 29.8 Å². The number of benzene rings is 1. The zero-order valence-electron chi connectivity index (χ0n) is 12.8. The number of ketones is 1. The molecule has 1 aromatic rings. The van der Waals surface area contributed by atoms with E-state index in [1.165, 1.54) is 6.92 Å². The first-order valence-electron chi connectivity index (χ1n) is 7.25. The maximum absolute atomic E-state index is 12.3. The van der Waals surface area contributed by atoms with Crippen molar-refractivity contribution in [1.82, 2.24) is 4.90 Å². The Bertz CT molecular complexity index is 513. The van der Waals surface area contributed by atoms with Crippen molar-refractivity contribution in [1.29, 1.82) is 0 Å². The van der Waals surface area contributed by atoms with Gasteiger partial charge in [0.05, 0.1) is 18.8 Å². The van der Waals surface area contributed by atoms with Crippen molar-refractivity contribution in [2.75, 3.05) is 25.0 Å². The molecule has 5 heteroatoms. The van der Waals surface area contributed by atoms with Gasteiger partial charge in [-0.3, -0.25) is 14.5 Å². The maximum atomic E-state index is 12.3. The second-order valence-corrected chi connectivity index (χ2v) is 5.48. The van der Waals surface area contributed by atoms with Gasteiger partial charge in [0.2, 0.25) is 5.91 Å². The quantitative estimate of drug-likeness (QED) is 0.861. The molecule has 1 N–H and O–H groups in total. The maximum Gasteiger partial charge on any atom is 0.241 e. The molecule has 1 aliphatic rings. The van der Waals surface area contributed by atoms with E-state index in [0.29, 0.717) is 17.9 Å². The van der Waals surface area contributed by atoms with Crippen molar-refractivity contribution in [2.24, 2.45) is 0 Å². The summed E-state index contributed by atoms with van der Waals surface area (Å²) in [4.78, 5) is 25.6. The van der Waals surface area contributed by atoms with Crippen LogP contribution in [0.1, 0.15) is 31.1 Å². The Hall–Kier alpha value is -1.72. The number of nitrogens with zero attached hydrogens (tertiary/aromatic N) is 1. The van der Waals surface area contributed by atoms with Crippen LogP contribution >= 0.6 is 0 Å². The Morgan fingerprint density at radius 2 is 2.00 bits per heavy atom. The first kappa shape index (κ1) is 15.7. The zero-order valence-corrected chi connectivity index (χ0v) is 12.8. The zero-order chi connectivity index (χ0) is 15.4. The van der Waals surface area contributed by atoms with Crippen molar-refractivity contribution in [3.8, 4) is 0 Å². The number of amides is 1. The topological polar surface area (TPSA) is 58.6 Å². The molecule has 21 heavy (non-hydrogen) atoms. The molecular weight excluding hydrogens is 268 g/mol. The van der Waals surface area contributed by atoms with Crippen LogP contribution in [0.15, 0.2) is 24.3 Å². The van der Waals surface area contributed by atoms with Crippen LogP contribution in [-0.2, 0) is 9.53 Å². The first-order valence-corrected chi connectivity index (χ1v) is 7.25. The second kappa shape index (κ2) is 6.83. The lowest BCUT2D eigenvalue weighted by atomic mass is 10.1. The average molecular weight is 290 g/mol. The molecule has 0 radical (unpaired) electrons. The average Bonchev–Trinajstić information content (AvgIpc) is 2.47. The number of hydrogen-bond acceptors (Lipinski definition) is 4. The molecule has 5 nitrogen and oxygen atoms in total. The van der Waals surface area contributed by atoms with Crippen molar-refractivity contribution < 1.29 is 14.3 Å². The molecule has 114 valence electrons. The van der Waals surface area contributed by atoms with Gasteiger partial charge >= 0.3 is 0 Å². The second-order valence-electron chi connectivity index (χ2n) is 5.48. The van der Waals surface area contributed by atoms with E-state index in [-0.39, 0.29) is 23.8 Å². The fourth-order valence-electron chi connectivity index (χ4n) is 2.40. The largest absolute Gasteiger partial charge is 0.376 e. The van der Waals surface area contributed by atoms with Crippen LogP contribution in [0.3, 0.4) is 0 Å². The molecule has 1 fully saturated rings. The highest BCUT2D eigenvalue weighted by Gasteiger charge is 2.25. The fraction of sp³-hybridized carbons (Fsp3) is 0.500. The Morgan fingerprint density at radius 3 is 2.57 bits per heavy atom. The van der Waals surface area contributed by atoms with Crippen LogP contribution < -0.4 is 5.32 Å². The summed E-state index contributed by atoms with van der Waals surface area (Å²) in [6.45, 7) is 7.62. The highest BCUT2D eigenvalue weighted by atomic mass is 16.5. The number of hydrogen-bond donors (Lipinski definition) is 1. The van der Waals surface area contributed by atoms with Crippen LogP contribution in [0.2, 0.25) is 0 Å². The summed E-state index contributed by atoms with van der Waals surface area (Å²) in [5.74, 6) is -0.0248. The van der Waals surface area contributed by atoms with E-state index in [1.807, 2.05) is 13.8 Å². The monoisotopic (exact) mass is 290 g/mol. The molecule has 0 unspecified atom stereocenters. The van der Waals surface area contributed by atoms with Gasteiger partial charge < -0.3 is 10.1 Å². The fourth-order valence-corrected chi connectivity index (χ4v) is 2.40. The molecule has 1 aromatic carbocycles. The van der Waals surface area contributed by atoms with Gasteiger partial charge in [0.1, 0.15) is 0 Å². The third kappa shape index (κ3) is 4.12. The van der Waals surface area contributed by atoms with E-state index in [2.05, 4.69) is 10.2 Å². The standard InChI is InChI=1S/C16H22N2O3/c1-11-10-18(8-9-21-11)12(2)16(20)17-15-6-4-14(5-7-15)13(3)19/h4-7,11-12H,8-10H2,1-3H3,(H,17,20)/t11-,12-/m0/s1. The predicted octanol–water partition coefficient (Wildman–Crippen LogP) is 1.94. The molecule has 0 saturated carbocycles. The number of carbonyl (C=O) groups is 2. The van der Waals surface area contributed by atoms with Gasteiger partial charge in [-0.15, -0.1) is 0 Å². The lowest BCUT2D eigenvalue weighted by Gasteiger charge is -2.34. The number of carbonyl (C=O) groups excluding carboxylic acids is 2. The SMILES string of the molecule is CC(=O)c1ccc(NC(=O)[C@H](C)N2CCO[C@@H](C)C2)cc1. The summed E-state index contributed by atoms with van der Waals surface area (Å²) in [5.41, 5.74) is 1.35. The summed E-state index contributed by atoms with van der Waals surface area (Å²) in [7, 11) is 0. The minimum atomic E-state index is -0.205. The molecule has 2 atom stereocenters.